The van der Waals surface area contributed by atoms with Crippen molar-refractivity contribution in [1.29, 1.82) is 0 Å². The van der Waals surface area contributed by atoms with Gasteiger partial charge >= 0.3 is 6.03 Å². The second-order valence-corrected chi connectivity index (χ2v) is 6.14. The van der Waals surface area contributed by atoms with Gasteiger partial charge in [-0.15, -0.1) is 0 Å². The number of piperidine rings is 1. The summed E-state index contributed by atoms with van der Waals surface area (Å²) in [5, 5.41) is 15.3. The lowest BCUT2D eigenvalue weighted by Crippen LogP contribution is -2.42. The van der Waals surface area contributed by atoms with Crippen LogP contribution >= 0.6 is 11.6 Å². The van der Waals surface area contributed by atoms with Gasteiger partial charge in [-0.3, -0.25) is 0 Å². The number of nitrogens with zero attached hydrogens (tertiary/aromatic N) is 1. The van der Waals surface area contributed by atoms with Crippen LogP contribution in [0.4, 0.5) is 9.18 Å². The number of carbonyl (C=O) groups excluding carboxylic acids is 1. The van der Waals surface area contributed by atoms with Crippen LogP contribution in [0.25, 0.3) is 0 Å². The summed E-state index contributed by atoms with van der Waals surface area (Å²) in [6.45, 7) is 3.58. The zero-order valence-corrected chi connectivity index (χ0v) is 13.8. The molecule has 0 spiro atoms. The fraction of sp³-hybridized carbons (Fsp3) is 0.562. The van der Waals surface area contributed by atoms with Gasteiger partial charge in [-0.1, -0.05) is 24.1 Å². The van der Waals surface area contributed by atoms with Crippen molar-refractivity contribution in [2.75, 3.05) is 32.7 Å². The normalized spacial score (nSPS) is 16.8. The average molecular weight is 344 g/mol. The Morgan fingerprint density at radius 3 is 2.74 bits per heavy atom. The minimum Gasteiger partial charge on any atom is -0.387 e. The predicted molar refractivity (Wildman–Crippen MR) is 88.1 cm³/mol. The molecule has 1 aliphatic heterocycles. The van der Waals surface area contributed by atoms with Crippen LogP contribution in [0.2, 0.25) is 5.02 Å². The highest BCUT2D eigenvalue weighted by Gasteiger charge is 2.12. The minimum atomic E-state index is -0.977. The molecule has 0 saturated carbocycles. The largest absolute Gasteiger partial charge is 0.387 e. The van der Waals surface area contributed by atoms with Gasteiger partial charge in [0.05, 0.1) is 11.1 Å². The number of aliphatic hydroxyl groups excluding tert-OH is 1. The number of amides is 2. The molecule has 1 fully saturated rings. The van der Waals surface area contributed by atoms with Crippen molar-refractivity contribution in [1.82, 2.24) is 15.5 Å². The van der Waals surface area contributed by atoms with E-state index in [9.17, 15) is 14.3 Å². The van der Waals surface area contributed by atoms with E-state index in [0.717, 1.165) is 19.6 Å². The van der Waals surface area contributed by atoms with Crippen LogP contribution in [0.15, 0.2) is 18.2 Å². The number of halogens is 2. The predicted octanol–water partition coefficient (Wildman–Crippen LogP) is 2.30. The number of rotatable bonds is 6. The highest BCUT2D eigenvalue weighted by molar-refractivity contribution is 6.30. The summed E-state index contributed by atoms with van der Waals surface area (Å²) in [6.07, 6.45) is 2.74. The lowest BCUT2D eigenvalue weighted by Gasteiger charge is -2.26. The van der Waals surface area contributed by atoms with Gasteiger partial charge in [0.2, 0.25) is 0 Å². The zero-order valence-electron chi connectivity index (χ0n) is 13.0. The SMILES string of the molecule is O=C(NCCN1CCCCC1)NCC(O)c1ccc(Cl)c(F)c1. The minimum absolute atomic E-state index is 0.00404. The average Bonchev–Trinajstić information content (AvgIpc) is 2.56. The second-order valence-electron chi connectivity index (χ2n) is 5.73. The standard InChI is InChI=1S/C16H23ClFN3O2/c17-13-5-4-12(10-14(13)18)15(22)11-20-16(23)19-6-9-21-7-2-1-3-8-21/h4-5,10,15,22H,1-3,6-9,11H2,(H2,19,20,23). The van der Waals surface area contributed by atoms with Crippen molar-refractivity contribution < 1.29 is 14.3 Å². The number of nitrogens with one attached hydrogen (secondary N) is 2. The lowest BCUT2D eigenvalue weighted by atomic mass is 10.1. The molecular weight excluding hydrogens is 321 g/mol. The van der Waals surface area contributed by atoms with Gasteiger partial charge in [0, 0.05) is 19.6 Å². The van der Waals surface area contributed by atoms with Gasteiger partial charge in [0.25, 0.3) is 0 Å². The van der Waals surface area contributed by atoms with Gasteiger partial charge in [-0.2, -0.15) is 0 Å². The van der Waals surface area contributed by atoms with Gasteiger partial charge in [-0.25, -0.2) is 9.18 Å². The maximum atomic E-state index is 13.3. The van der Waals surface area contributed by atoms with E-state index in [1.165, 1.54) is 37.5 Å². The van der Waals surface area contributed by atoms with Crippen molar-refractivity contribution in [3.63, 3.8) is 0 Å². The van der Waals surface area contributed by atoms with Crippen molar-refractivity contribution in [2.45, 2.75) is 25.4 Å². The van der Waals surface area contributed by atoms with E-state index in [1.54, 1.807) is 0 Å². The third kappa shape index (κ3) is 5.97. The molecule has 1 aromatic carbocycles. The summed E-state index contributed by atoms with van der Waals surface area (Å²) < 4.78 is 13.3. The highest BCUT2D eigenvalue weighted by atomic mass is 35.5. The first kappa shape index (κ1) is 18.0. The maximum Gasteiger partial charge on any atom is 0.314 e. The molecule has 7 heteroatoms. The van der Waals surface area contributed by atoms with E-state index < -0.39 is 11.9 Å². The third-order valence-electron chi connectivity index (χ3n) is 3.95. The summed E-state index contributed by atoms with van der Waals surface area (Å²) in [4.78, 5) is 14.0. The Bertz CT molecular complexity index is 524. The van der Waals surface area contributed by atoms with E-state index in [1.807, 2.05) is 0 Å². The molecule has 1 aliphatic rings. The van der Waals surface area contributed by atoms with E-state index in [4.69, 9.17) is 11.6 Å². The van der Waals surface area contributed by atoms with E-state index >= 15 is 0 Å². The summed E-state index contributed by atoms with van der Waals surface area (Å²) in [5.74, 6) is -0.589. The number of urea groups is 1. The van der Waals surface area contributed by atoms with Crippen molar-refractivity contribution >= 4 is 17.6 Å². The van der Waals surface area contributed by atoms with Crippen LogP contribution < -0.4 is 10.6 Å². The first-order valence-corrected chi connectivity index (χ1v) is 8.31. The molecule has 2 amide bonds. The molecule has 0 aromatic heterocycles. The second kappa shape index (κ2) is 9.05. The number of aliphatic hydroxyl groups is 1. The molecule has 1 atom stereocenters. The van der Waals surface area contributed by atoms with Gasteiger partial charge < -0.3 is 20.6 Å². The molecule has 0 aliphatic carbocycles. The highest BCUT2D eigenvalue weighted by Crippen LogP contribution is 2.19. The van der Waals surface area contributed by atoms with E-state index in [0.29, 0.717) is 12.1 Å². The molecule has 23 heavy (non-hydrogen) atoms. The summed E-state index contributed by atoms with van der Waals surface area (Å²) in [7, 11) is 0. The van der Waals surface area contributed by atoms with Crippen LogP contribution in [0.1, 0.15) is 30.9 Å². The van der Waals surface area contributed by atoms with E-state index in [-0.39, 0.29) is 17.6 Å². The Balaban J connectivity index is 1.65. The first-order chi connectivity index (χ1) is 11.1. The Kier molecular flexibility index (Phi) is 7.08. The summed E-state index contributed by atoms with van der Waals surface area (Å²) >= 11 is 5.59. The molecular formula is C16H23ClFN3O2. The molecule has 1 unspecified atom stereocenters. The fourth-order valence-corrected chi connectivity index (χ4v) is 2.72. The molecule has 128 valence electrons. The van der Waals surface area contributed by atoms with Crippen LogP contribution in [-0.2, 0) is 0 Å². The number of carbonyl (C=O) groups is 1. The fourth-order valence-electron chi connectivity index (χ4n) is 2.60. The number of benzene rings is 1. The molecule has 0 bridgehead atoms. The van der Waals surface area contributed by atoms with Crippen LogP contribution in [0.5, 0.6) is 0 Å². The smallest absolute Gasteiger partial charge is 0.314 e. The Morgan fingerprint density at radius 2 is 2.04 bits per heavy atom. The van der Waals surface area contributed by atoms with Crippen LogP contribution in [0.3, 0.4) is 0 Å². The van der Waals surface area contributed by atoms with Crippen molar-refractivity contribution in [3.05, 3.63) is 34.6 Å². The van der Waals surface area contributed by atoms with Crippen molar-refractivity contribution in [3.8, 4) is 0 Å². The van der Waals surface area contributed by atoms with Gasteiger partial charge in [0.1, 0.15) is 5.82 Å². The Morgan fingerprint density at radius 1 is 1.30 bits per heavy atom. The van der Waals surface area contributed by atoms with Gasteiger partial charge in [-0.05, 0) is 43.6 Å². The molecule has 5 nitrogen and oxygen atoms in total. The topological polar surface area (TPSA) is 64.6 Å². The Hall–Kier alpha value is -1.37. The Labute approximate surface area is 140 Å². The maximum absolute atomic E-state index is 13.3. The summed E-state index contributed by atoms with van der Waals surface area (Å²) in [6, 6.07) is 3.75. The first-order valence-electron chi connectivity index (χ1n) is 7.93. The third-order valence-corrected chi connectivity index (χ3v) is 4.25. The molecule has 1 aromatic rings. The summed E-state index contributed by atoms with van der Waals surface area (Å²) in [5.41, 5.74) is 0.375. The molecule has 0 radical (unpaired) electrons. The quantitative estimate of drug-likeness (QED) is 0.742. The van der Waals surface area contributed by atoms with Crippen LogP contribution in [0, 0.1) is 5.82 Å². The zero-order chi connectivity index (χ0) is 16.7. The number of likely N-dealkylation sites (tertiary alicyclic amines) is 1. The number of hydrogen-bond donors (Lipinski definition) is 3. The van der Waals surface area contributed by atoms with Crippen LogP contribution in [-0.4, -0.2) is 48.8 Å². The van der Waals surface area contributed by atoms with Gasteiger partial charge in [0.15, 0.2) is 0 Å². The molecule has 1 heterocycles. The van der Waals surface area contributed by atoms with E-state index in [2.05, 4.69) is 15.5 Å². The molecule has 2 rings (SSSR count). The van der Waals surface area contributed by atoms with Crippen molar-refractivity contribution in [2.24, 2.45) is 0 Å². The number of hydrogen-bond acceptors (Lipinski definition) is 3. The molecule has 1 saturated heterocycles. The molecule has 3 N–H and O–H groups in total. The lowest BCUT2D eigenvalue weighted by molar-refractivity contribution is 0.172. The monoisotopic (exact) mass is 343 g/mol.